The first-order chi connectivity index (χ1) is 13.1. The maximum absolute atomic E-state index is 11.8. The maximum Gasteiger partial charge on any atom is 0.135 e. The molecule has 2 heterocycles. The van der Waals surface area contributed by atoms with E-state index < -0.39 is 0 Å². The highest BCUT2D eigenvalue weighted by atomic mass is 16.1. The molecule has 4 aromatic rings. The second-order valence-corrected chi connectivity index (χ2v) is 6.98. The van der Waals surface area contributed by atoms with E-state index in [1.54, 1.807) is 6.92 Å². The molecule has 0 saturated heterocycles. The molecular formula is C22H22N4O. The number of imidazole rings is 2. The Hall–Kier alpha value is -3.21. The highest BCUT2D eigenvalue weighted by Crippen LogP contribution is 2.18. The summed E-state index contributed by atoms with van der Waals surface area (Å²) in [6, 6.07) is 16.5. The first-order valence-electron chi connectivity index (χ1n) is 9.10. The fourth-order valence-electron chi connectivity index (χ4n) is 3.44. The lowest BCUT2D eigenvalue weighted by atomic mass is 10.1. The average Bonchev–Trinajstić information content (AvgIpc) is 3.18. The minimum atomic E-state index is 0.144. The molecule has 0 radical (unpaired) electrons. The molecule has 2 aromatic carbocycles. The molecule has 0 bridgehead atoms. The van der Waals surface area contributed by atoms with Crippen molar-refractivity contribution >= 4 is 16.8 Å². The Labute approximate surface area is 158 Å². The quantitative estimate of drug-likeness (QED) is 0.570. The van der Waals surface area contributed by atoms with Crippen LogP contribution in [0.4, 0.5) is 0 Å². The lowest BCUT2D eigenvalue weighted by Crippen LogP contribution is -2.09. The Kier molecular flexibility index (Phi) is 4.59. The largest absolute Gasteiger partial charge is 0.342 e. The van der Waals surface area contributed by atoms with Crippen LogP contribution in [-0.4, -0.2) is 25.3 Å². The lowest BCUT2D eigenvalue weighted by molar-refractivity contribution is -0.116. The summed E-state index contributed by atoms with van der Waals surface area (Å²) in [5.41, 5.74) is 6.31. The van der Waals surface area contributed by atoms with Crippen LogP contribution in [0.25, 0.3) is 11.0 Å². The van der Waals surface area contributed by atoms with E-state index in [0.29, 0.717) is 13.0 Å². The normalized spacial score (nSPS) is 11.2. The lowest BCUT2D eigenvalue weighted by Gasteiger charge is -2.10. The number of fused-ring (bicyclic) bond motifs is 1. The number of aryl methyl sites for hydroxylation is 1. The Morgan fingerprint density at radius 1 is 1.11 bits per heavy atom. The molecule has 0 aliphatic rings. The summed E-state index contributed by atoms with van der Waals surface area (Å²) in [5.74, 6) is 1.05. The number of aromatic nitrogens is 4. The van der Waals surface area contributed by atoms with E-state index in [9.17, 15) is 4.79 Å². The number of rotatable bonds is 6. The zero-order valence-electron chi connectivity index (χ0n) is 15.6. The van der Waals surface area contributed by atoms with E-state index >= 15 is 0 Å². The molecule has 136 valence electrons. The number of nitrogens with zero attached hydrogens (tertiary/aromatic N) is 3. The predicted molar refractivity (Wildman–Crippen MR) is 106 cm³/mol. The molecular weight excluding hydrogens is 336 g/mol. The van der Waals surface area contributed by atoms with Gasteiger partial charge in [-0.05, 0) is 37.1 Å². The van der Waals surface area contributed by atoms with Crippen LogP contribution in [0.3, 0.4) is 0 Å². The van der Waals surface area contributed by atoms with Crippen molar-refractivity contribution in [2.45, 2.75) is 33.2 Å². The van der Waals surface area contributed by atoms with Gasteiger partial charge in [-0.25, -0.2) is 9.97 Å². The third kappa shape index (κ3) is 3.82. The Morgan fingerprint density at radius 3 is 2.70 bits per heavy atom. The van der Waals surface area contributed by atoms with Gasteiger partial charge in [0.2, 0.25) is 0 Å². The molecule has 0 fully saturated rings. The molecule has 2 aromatic heterocycles. The fraction of sp³-hybridized carbons (Fsp3) is 0.227. The molecule has 0 aliphatic carbocycles. The number of carbonyl (C=O) groups excluding carboxylic acids is 1. The van der Waals surface area contributed by atoms with Crippen molar-refractivity contribution in [2.24, 2.45) is 0 Å². The summed E-state index contributed by atoms with van der Waals surface area (Å²) < 4.78 is 2.09. The van der Waals surface area contributed by atoms with Crippen LogP contribution in [0.5, 0.6) is 0 Å². The molecule has 0 aliphatic heterocycles. The SMILES string of the molecule is CC(=O)Cc1c(Cc2ccccc2)ncn1Cc1ccc2nc(C)[nH]c2c1. The van der Waals surface area contributed by atoms with Gasteiger partial charge >= 0.3 is 0 Å². The van der Waals surface area contributed by atoms with Crippen LogP contribution in [-0.2, 0) is 24.2 Å². The topological polar surface area (TPSA) is 63.6 Å². The fourth-order valence-corrected chi connectivity index (χ4v) is 3.44. The number of H-pyrrole nitrogens is 1. The van der Waals surface area contributed by atoms with Crippen LogP contribution < -0.4 is 0 Å². The van der Waals surface area contributed by atoms with Gasteiger partial charge in [0, 0.05) is 25.1 Å². The van der Waals surface area contributed by atoms with E-state index in [-0.39, 0.29) is 5.78 Å². The minimum Gasteiger partial charge on any atom is -0.342 e. The Bertz CT molecular complexity index is 1090. The second kappa shape index (κ2) is 7.19. The van der Waals surface area contributed by atoms with Crippen LogP contribution in [0.2, 0.25) is 0 Å². The smallest absolute Gasteiger partial charge is 0.135 e. The van der Waals surface area contributed by atoms with Gasteiger partial charge in [0.1, 0.15) is 11.6 Å². The Balaban J connectivity index is 1.65. The summed E-state index contributed by atoms with van der Waals surface area (Å²) >= 11 is 0. The molecule has 0 atom stereocenters. The summed E-state index contributed by atoms with van der Waals surface area (Å²) in [6.07, 6.45) is 2.97. The second-order valence-electron chi connectivity index (χ2n) is 6.98. The first kappa shape index (κ1) is 17.2. The van der Waals surface area contributed by atoms with Gasteiger partial charge in [-0.2, -0.15) is 0 Å². The van der Waals surface area contributed by atoms with E-state index in [0.717, 1.165) is 40.2 Å². The van der Waals surface area contributed by atoms with Crippen LogP contribution in [0, 0.1) is 6.92 Å². The highest BCUT2D eigenvalue weighted by molar-refractivity contribution is 5.78. The van der Waals surface area contributed by atoms with Gasteiger partial charge in [0.05, 0.1) is 23.1 Å². The van der Waals surface area contributed by atoms with Crippen LogP contribution in [0.15, 0.2) is 54.9 Å². The van der Waals surface area contributed by atoms with Gasteiger partial charge in [-0.15, -0.1) is 0 Å². The van der Waals surface area contributed by atoms with E-state index in [2.05, 4.69) is 43.8 Å². The van der Waals surface area contributed by atoms with Crippen LogP contribution >= 0.6 is 0 Å². The monoisotopic (exact) mass is 358 g/mol. The van der Waals surface area contributed by atoms with Gasteiger partial charge in [0.15, 0.2) is 0 Å². The summed E-state index contributed by atoms with van der Waals surface area (Å²) in [4.78, 5) is 24.2. The molecule has 5 heteroatoms. The number of ketones is 1. The number of benzene rings is 2. The molecule has 27 heavy (non-hydrogen) atoms. The molecule has 1 N–H and O–H groups in total. The van der Waals surface area contributed by atoms with Crippen LogP contribution in [0.1, 0.15) is 35.3 Å². The van der Waals surface area contributed by atoms with Crippen molar-refractivity contribution in [3.63, 3.8) is 0 Å². The number of carbonyl (C=O) groups is 1. The zero-order valence-corrected chi connectivity index (χ0v) is 15.6. The van der Waals surface area contributed by atoms with Crippen molar-refractivity contribution in [3.05, 3.63) is 83.2 Å². The molecule has 0 amide bonds. The molecule has 0 spiro atoms. The number of Topliss-reactive ketones (excluding diaryl/α,β-unsaturated/α-hetero) is 1. The van der Waals surface area contributed by atoms with Crippen molar-refractivity contribution in [3.8, 4) is 0 Å². The van der Waals surface area contributed by atoms with Gasteiger partial charge in [0.25, 0.3) is 0 Å². The molecule has 0 unspecified atom stereocenters. The van der Waals surface area contributed by atoms with Gasteiger partial charge in [-0.3, -0.25) is 4.79 Å². The van der Waals surface area contributed by atoms with Crippen molar-refractivity contribution in [1.82, 2.24) is 19.5 Å². The summed E-state index contributed by atoms with van der Waals surface area (Å²) in [5, 5.41) is 0. The van der Waals surface area contributed by atoms with Crippen molar-refractivity contribution in [1.29, 1.82) is 0 Å². The molecule has 4 rings (SSSR count). The zero-order chi connectivity index (χ0) is 18.8. The average molecular weight is 358 g/mol. The summed E-state index contributed by atoms with van der Waals surface area (Å²) in [6.45, 7) is 4.26. The predicted octanol–water partition coefficient (Wildman–Crippen LogP) is 3.84. The van der Waals surface area contributed by atoms with Crippen molar-refractivity contribution < 1.29 is 4.79 Å². The standard InChI is InChI=1S/C22H22N4O/c1-15(27)10-22-21(11-17-6-4-3-5-7-17)23-14-26(22)13-18-8-9-19-20(12-18)25-16(2)24-19/h3-9,12,14H,10-11,13H2,1-2H3,(H,24,25). The Morgan fingerprint density at radius 2 is 1.93 bits per heavy atom. The first-order valence-corrected chi connectivity index (χ1v) is 9.10. The highest BCUT2D eigenvalue weighted by Gasteiger charge is 2.14. The van der Waals surface area contributed by atoms with Crippen molar-refractivity contribution in [2.75, 3.05) is 0 Å². The number of hydrogen-bond acceptors (Lipinski definition) is 3. The molecule has 5 nitrogen and oxygen atoms in total. The third-order valence-corrected chi connectivity index (χ3v) is 4.68. The number of hydrogen-bond donors (Lipinski definition) is 1. The number of nitrogens with one attached hydrogen (secondary N) is 1. The van der Waals surface area contributed by atoms with E-state index in [1.165, 1.54) is 5.56 Å². The maximum atomic E-state index is 11.8. The minimum absolute atomic E-state index is 0.144. The third-order valence-electron chi connectivity index (χ3n) is 4.68. The van der Waals surface area contributed by atoms with Gasteiger partial charge < -0.3 is 9.55 Å². The molecule has 0 saturated carbocycles. The van der Waals surface area contributed by atoms with Gasteiger partial charge in [-0.1, -0.05) is 36.4 Å². The number of aromatic amines is 1. The van der Waals surface area contributed by atoms with E-state index in [1.807, 2.05) is 37.5 Å². The van der Waals surface area contributed by atoms with E-state index in [4.69, 9.17) is 0 Å². The summed E-state index contributed by atoms with van der Waals surface area (Å²) in [7, 11) is 0.